The van der Waals surface area contributed by atoms with E-state index in [1.165, 1.54) is 12.1 Å². The molecular weight excluding hydrogens is 450 g/mol. The fourth-order valence-corrected chi connectivity index (χ4v) is 3.12. The third-order valence-corrected chi connectivity index (χ3v) is 4.65. The van der Waals surface area contributed by atoms with Crippen LogP contribution in [-0.4, -0.2) is 15.4 Å². The molecule has 2 N–H and O–H groups in total. The summed E-state index contributed by atoms with van der Waals surface area (Å²) in [6.07, 6.45) is -6.37. The second kappa shape index (κ2) is 8.15. The van der Waals surface area contributed by atoms with Crippen LogP contribution in [0.1, 0.15) is 11.1 Å². The molecule has 0 fully saturated rings. The van der Waals surface area contributed by atoms with Gasteiger partial charge in [0.2, 0.25) is 0 Å². The number of imidazole rings is 1. The van der Waals surface area contributed by atoms with Crippen molar-refractivity contribution in [3.05, 3.63) is 84.2 Å². The predicted molar refractivity (Wildman–Crippen MR) is 110 cm³/mol. The number of fused-ring (bicyclic) bond motifs is 1. The van der Waals surface area contributed by atoms with Gasteiger partial charge in [0.15, 0.2) is 0 Å². The third-order valence-electron chi connectivity index (χ3n) is 4.65. The Morgan fingerprint density at radius 3 is 1.97 bits per heavy atom. The maximum atomic E-state index is 13.0. The number of carbonyl (C=O) groups excluding carboxylic acids is 1. The molecule has 0 spiro atoms. The third kappa shape index (κ3) is 5.08. The molecule has 0 aliphatic carbocycles. The molecular formula is C22H14F6N4O. The first-order valence-corrected chi connectivity index (χ1v) is 9.41. The van der Waals surface area contributed by atoms with E-state index in [4.69, 9.17) is 0 Å². The normalized spacial score (nSPS) is 12.1. The van der Waals surface area contributed by atoms with Crippen molar-refractivity contribution >= 4 is 23.1 Å². The summed E-state index contributed by atoms with van der Waals surface area (Å²) in [7, 11) is 0. The van der Waals surface area contributed by atoms with Gasteiger partial charge in [-0.05, 0) is 42.5 Å². The van der Waals surface area contributed by atoms with E-state index in [0.29, 0.717) is 17.8 Å². The number of halogens is 6. The van der Waals surface area contributed by atoms with Crippen LogP contribution < -0.4 is 10.6 Å². The Morgan fingerprint density at radius 1 is 0.788 bits per heavy atom. The van der Waals surface area contributed by atoms with Crippen molar-refractivity contribution in [3.63, 3.8) is 0 Å². The van der Waals surface area contributed by atoms with E-state index < -0.39 is 35.2 Å². The highest BCUT2D eigenvalue weighted by Crippen LogP contribution is 2.37. The van der Waals surface area contributed by atoms with Crippen LogP contribution in [0.3, 0.4) is 0 Å². The van der Waals surface area contributed by atoms with Gasteiger partial charge >= 0.3 is 18.4 Å². The molecule has 0 aliphatic rings. The van der Waals surface area contributed by atoms with Crippen molar-refractivity contribution in [2.24, 2.45) is 0 Å². The van der Waals surface area contributed by atoms with E-state index in [2.05, 4.69) is 10.3 Å². The number of hydrogen-bond donors (Lipinski definition) is 2. The second-order valence-electron chi connectivity index (χ2n) is 7.04. The maximum Gasteiger partial charge on any atom is 0.416 e. The van der Waals surface area contributed by atoms with Crippen molar-refractivity contribution < 1.29 is 31.1 Å². The van der Waals surface area contributed by atoms with Crippen LogP contribution in [0, 0.1) is 0 Å². The Balaban J connectivity index is 1.49. The van der Waals surface area contributed by atoms with Gasteiger partial charge in [-0.2, -0.15) is 26.3 Å². The number of alkyl halides is 6. The van der Waals surface area contributed by atoms with Gasteiger partial charge in [0.1, 0.15) is 5.65 Å². The molecule has 2 amide bonds. The minimum Gasteiger partial charge on any atom is -0.308 e. The number of anilines is 2. The van der Waals surface area contributed by atoms with Crippen molar-refractivity contribution in [3.8, 4) is 11.3 Å². The molecule has 0 saturated heterocycles. The summed E-state index contributed by atoms with van der Waals surface area (Å²) in [4.78, 5) is 16.6. The number of nitrogens with one attached hydrogen (secondary N) is 2. The van der Waals surface area contributed by atoms with Gasteiger partial charge in [-0.25, -0.2) is 9.78 Å². The first kappa shape index (κ1) is 22.2. The molecule has 11 heteroatoms. The summed E-state index contributed by atoms with van der Waals surface area (Å²) in [6.45, 7) is 0. The van der Waals surface area contributed by atoms with Crippen LogP contribution in [0.5, 0.6) is 0 Å². The van der Waals surface area contributed by atoms with Gasteiger partial charge in [-0.1, -0.05) is 18.2 Å². The number of rotatable bonds is 3. The van der Waals surface area contributed by atoms with E-state index in [1.807, 2.05) is 40.3 Å². The number of hydrogen-bond acceptors (Lipinski definition) is 2. The van der Waals surface area contributed by atoms with Gasteiger partial charge in [-0.15, -0.1) is 0 Å². The average Bonchev–Trinajstić information content (AvgIpc) is 3.17. The highest BCUT2D eigenvalue weighted by molar-refractivity contribution is 6.00. The van der Waals surface area contributed by atoms with Gasteiger partial charge < -0.3 is 15.0 Å². The lowest BCUT2D eigenvalue weighted by Crippen LogP contribution is -2.20. The number of benzene rings is 2. The van der Waals surface area contributed by atoms with Crippen LogP contribution in [0.25, 0.3) is 16.9 Å². The van der Waals surface area contributed by atoms with Crippen molar-refractivity contribution in [2.75, 3.05) is 10.6 Å². The number of carbonyl (C=O) groups is 1. The number of nitrogens with zero attached hydrogens (tertiary/aromatic N) is 2. The SMILES string of the molecule is O=C(Nc1ccc(-c2cn3ccccc3n2)cc1)Nc1cc(C(F)(F)F)cc(C(F)(F)F)c1. The lowest BCUT2D eigenvalue weighted by atomic mass is 10.1. The number of pyridine rings is 1. The summed E-state index contributed by atoms with van der Waals surface area (Å²) >= 11 is 0. The molecule has 4 aromatic rings. The molecule has 0 bridgehead atoms. The molecule has 2 heterocycles. The standard InChI is InChI=1S/C22H14F6N4O/c23-21(24,25)14-9-15(22(26,27)28)11-17(10-14)30-20(33)29-16-6-4-13(5-7-16)18-12-32-8-2-1-3-19(32)31-18/h1-12H,(H2,29,30,33). The molecule has 0 atom stereocenters. The highest BCUT2D eigenvalue weighted by atomic mass is 19.4. The number of amides is 2. The molecule has 170 valence electrons. The minimum absolute atomic E-state index is 0.0128. The molecule has 0 unspecified atom stereocenters. The molecule has 0 saturated carbocycles. The van der Waals surface area contributed by atoms with Crippen molar-refractivity contribution in [1.82, 2.24) is 9.38 Å². The van der Waals surface area contributed by atoms with Gasteiger partial charge in [0.05, 0.1) is 16.8 Å². The smallest absolute Gasteiger partial charge is 0.308 e. The average molecular weight is 464 g/mol. The van der Waals surface area contributed by atoms with E-state index in [0.717, 1.165) is 11.2 Å². The van der Waals surface area contributed by atoms with Crippen LogP contribution in [0.2, 0.25) is 0 Å². The first-order chi connectivity index (χ1) is 15.5. The Hall–Kier alpha value is -4.02. The van der Waals surface area contributed by atoms with Crippen molar-refractivity contribution in [1.29, 1.82) is 0 Å². The molecule has 33 heavy (non-hydrogen) atoms. The Kier molecular flexibility index (Phi) is 5.48. The monoisotopic (exact) mass is 464 g/mol. The number of aromatic nitrogens is 2. The highest BCUT2D eigenvalue weighted by Gasteiger charge is 2.37. The molecule has 4 rings (SSSR count). The van der Waals surface area contributed by atoms with Gasteiger partial charge in [0.25, 0.3) is 0 Å². The summed E-state index contributed by atoms with van der Waals surface area (Å²) in [5.74, 6) is 0. The Labute approximate surface area is 182 Å². The second-order valence-corrected chi connectivity index (χ2v) is 7.04. The summed E-state index contributed by atoms with van der Waals surface area (Å²) in [5, 5.41) is 4.39. The summed E-state index contributed by atoms with van der Waals surface area (Å²) in [5.41, 5.74) is -1.24. The van der Waals surface area contributed by atoms with Crippen LogP contribution in [0.4, 0.5) is 42.5 Å². The molecule has 0 radical (unpaired) electrons. The lowest BCUT2D eigenvalue weighted by molar-refractivity contribution is -0.143. The summed E-state index contributed by atoms with van der Waals surface area (Å²) in [6, 6.07) is 11.8. The van der Waals surface area contributed by atoms with E-state index >= 15 is 0 Å². The minimum atomic E-state index is -5.01. The number of urea groups is 1. The molecule has 2 aromatic heterocycles. The predicted octanol–water partition coefficient (Wildman–Crippen LogP) is 6.68. The van der Waals surface area contributed by atoms with Gasteiger partial charge in [-0.3, -0.25) is 0 Å². The topological polar surface area (TPSA) is 58.4 Å². The first-order valence-electron chi connectivity index (χ1n) is 9.41. The largest absolute Gasteiger partial charge is 0.416 e. The fraction of sp³-hybridized carbons (Fsp3) is 0.0909. The molecule has 0 aliphatic heterocycles. The van der Waals surface area contributed by atoms with Crippen LogP contribution >= 0.6 is 0 Å². The van der Waals surface area contributed by atoms with E-state index in [-0.39, 0.29) is 11.8 Å². The Bertz CT molecular complexity index is 1240. The zero-order valence-electron chi connectivity index (χ0n) is 16.5. The Morgan fingerprint density at radius 2 is 1.39 bits per heavy atom. The summed E-state index contributed by atoms with van der Waals surface area (Å²) < 4.78 is 79.6. The van der Waals surface area contributed by atoms with Crippen molar-refractivity contribution in [2.45, 2.75) is 12.4 Å². The van der Waals surface area contributed by atoms with Crippen LogP contribution in [0.15, 0.2) is 73.1 Å². The van der Waals surface area contributed by atoms with E-state index in [9.17, 15) is 31.1 Å². The van der Waals surface area contributed by atoms with Crippen LogP contribution in [-0.2, 0) is 12.4 Å². The van der Waals surface area contributed by atoms with E-state index in [1.54, 1.807) is 12.1 Å². The molecule has 2 aromatic carbocycles. The molecule has 5 nitrogen and oxygen atoms in total. The lowest BCUT2D eigenvalue weighted by Gasteiger charge is -2.15. The van der Waals surface area contributed by atoms with Gasteiger partial charge in [0, 0.05) is 29.3 Å². The fourth-order valence-electron chi connectivity index (χ4n) is 3.12. The quantitative estimate of drug-likeness (QED) is 0.332. The maximum absolute atomic E-state index is 13.0. The zero-order chi connectivity index (χ0) is 23.8. The zero-order valence-corrected chi connectivity index (χ0v) is 16.5.